The summed E-state index contributed by atoms with van der Waals surface area (Å²) >= 11 is 0. The van der Waals surface area contributed by atoms with Crippen molar-refractivity contribution in [1.82, 2.24) is 0 Å². The van der Waals surface area contributed by atoms with Crippen molar-refractivity contribution in [3.05, 3.63) is 34.9 Å². The second-order valence-corrected chi connectivity index (χ2v) is 6.95. The molecule has 0 aliphatic heterocycles. The lowest BCUT2D eigenvalue weighted by molar-refractivity contribution is -0.186. The number of carboxylic acid groups (broad SMARTS) is 1. The number of aryl methyl sites for hydroxylation is 1. The molecule has 128 valence electrons. The summed E-state index contributed by atoms with van der Waals surface area (Å²) in [5.74, 6) is -2.15. The van der Waals surface area contributed by atoms with E-state index in [0.29, 0.717) is 12.0 Å². The van der Waals surface area contributed by atoms with Gasteiger partial charge in [0.2, 0.25) is 0 Å². The summed E-state index contributed by atoms with van der Waals surface area (Å²) in [6, 6.07) is 5.06. The van der Waals surface area contributed by atoms with Crippen LogP contribution in [0.1, 0.15) is 60.5 Å². The summed E-state index contributed by atoms with van der Waals surface area (Å²) in [7, 11) is 0. The number of rotatable bonds is 3. The standard InChI is InChI=1S/C18H23F3O2/c1-10(2)14-7-6-13(18(19,20)21)9-16(14)12-5-4-11(3)15(8-12)17(22)23/h4-5,8,10,13-14,16H,6-7,9H2,1-3H3,(H,22,23). The Morgan fingerprint density at radius 2 is 1.91 bits per heavy atom. The van der Waals surface area contributed by atoms with Crippen LogP contribution in [0.25, 0.3) is 0 Å². The molecule has 1 aromatic carbocycles. The molecular weight excluding hydrogens is 305 g/mol. The van der Waals surface area contributed by atoms with Crippen molar-refractivity contribution < 1.29 is 23.1 Å². The molecule has 0 heterocycles. The Morgan fingerprint density at radius 3 is 2.43 bits per heavy atom. The predicted molar refractivity (Wildman–Crippen MR) is 82.6 cm³/mol. The first-order valence-electron chi connectivity index (χ1n) is 8.01. The molecule has 1 saturated carbocycles. The molecule has 2 rings (SSSR count). The largest absolute Gasteiger partial charge is 0.478 e. The normalized spacial score (nSPS) is 25.6. The smallest absolute Gasteiger partial charge is 0.391 e. The van der Waals surface area contributed by atoms with E-state index in [4.69, 9.17) is 0 Å². The highest BCUT2D eigenvalue weighted by molar-refractivity contribution is 5.89. The molecule has 3 unspecified atom stereocenters. The first-order valence-corrected chi connectivity index (χ1v) is 8.01. The van der Waals surface area contributed by atoms with Gasteiger partial charge in [-0.15, -0.1) is 0 Å². The van der Waals surface area contributed by atoms with E-state index in [1.165, 1.54) is 0 Å². The van der Waals surface area contributed by atoms with Gasteiger partial charge in [-0.2, -0.15) is 13.2 Å². The summed E-state index contributed by atoms with van der Waals surface area (Å²) in [6.07, 6.45) is -3.43. The molecule has 1 fully saturated rings. The van der Waals surface area contributed by atoms with Crippen molar-refractivity contribution in [2.45, 2.75) is 52.1 Å². The van der Waals surface area contributed by atoms with Gasteiger partial charge >= 0.3 is 12.1 Å². The van der Waals surface area contributed by atoms with Crippen molar-refractivity contribution >= 4 is 5.97 Å². The third kappa shape index (κ3) is 3.88. The molecule has 1 aliphatic rings. The van der Waals surface area contributed by atoms with Crippen molar-refractivity contribution in [3.8, 4) is 0 Å². The van der Waals surface area contributed by atoms with Gasteiger partial charge < -0.3 is 5.11 Å². The molecule has 0 amide bonds. The average Bonchev–Trinajstić information content (AvgIpc) is 2.45. The fourth-order valence-electron chi connectivity index (χ4n) is 3.77. The van der Waals surface area contributed by atoms with E-state index in [2.05, 4.69) is 0 Å². The van der Waals surface area contributed by atoms with E-state index < -0.39 is 18.1 Å². The molecule has 3 atom stereocenters. The first-order chi connectivity index (χ1) is 10.6. The van der Waals surface area contributed by atoms with Crippen LogP contribution in [0.2, 0.25) is 0 Å². The number of carbonyl (C=O) groups is 1. The summed E-state index contributed by atoms with van der Waals surface area (Å²) in [5, 5.41) is 9.26. The average molecular weight is 328 g/mol. The number of hydrogen-bond donors (Lipinski definition) is 1. The maximum Gasteiger partial charge on any atom is 0.391 e. The van der Waals surface area contributed by atoms with Gasteiger partial charge in [0.05, 0.1) is 11.5 Å². The minimum absolute atomic E-state index is 0.0501. The van der Waals surface area contributed by atoms with Crippen molar-refractivity contribution in [2.75, 3.05) is 0 Å². The summed E-state index contributed by atoms with van der Waals surface area (Å²) in [4.78, 5) is 11.3. The van der Waals surface area contributed by atoms with E-state index in [9.17, 15) is 23.1 Å². The SMILES string of the molecule is Cc1ccc(C2CC(C(F)(F)F)CCC2C(C)C)cc1C(=O)O. The zero-order valence-electron chi connectivity index (χ0n) is 13.7. The molecule has 0 bridgehead atoms. The number of benzene rings is 1. The minimum Gasteiger partial charge on any atom is -0.478 e. The fourth-order valence-corrected chi connectivity index (χ4v) is 3.77. The van der Waals surface area contributed by atoms with Crippen LogP contribution >= 0.6 is 0 Å². The van der Waals surface area contributed by atoms with Crippen LogP contribution in [0.15, 0.2) is 18.2 Å². The second kappa shape index (κ2) is 6.54. The van der Waals surface area contributed by atoms with Crippen LogP contribution in [-0.2, 0) is 0 Å². The topological polar surface area (TPSA) is 37.3 Å². The van der Waals surface area contributed by atoms with Gasteiger partial charge in [-0.1, -0.05) is 26.0 Å². The van der Waals surface area contributed by atoms with Gasteiger partial charge in [0.25, 0.3) is 0 Å². The van der Waals surface area contributed by atoms with Gasteiger partial charge in [0.1, 0.15) is 0 Å². The fraction of sp³-hybridized carbons (Fsp3) is 0.611. The Bertz CT molecular complexity index is 578. The predicted octanol–water partition coefficient (Wildman–Crippen LogP) is 5.41. The Labute approximate surface area is 134 Å². The molecule has 0 spiro atoms. The van der Waals surface area contributed by atoms with Crippen molar-refractivity contribution in [3.63, 3.8) is 0 Å². The van der Waals surface area contributed by atoms with Crippen LogP contribution in [0.5, 0.6) is 0 Å². The van der Waals surface area contributed by atoms with Crippen molar-refractivity contribution in [2.24, 2.45) is 17.8 Å². The molecule has 1 aliphatic carbocycles. The maximum atomic E-state index is 13.1. The van der Waals surface area contributed by atoms with Crippen LogP contribution < -0.4 is 0 Å². The highest BCUT2D eigenvalue weighted by Crippen LogP contribution is 2.48. The third-order valence-corrected chi connectivity index (χ3v) is 5.14. The van der Waals surface area contributed by atoms with Crippen LogP contribution in [0.4, 0.5) is 13.2 Å². The first kappa shape index (κ1) is 17.8. The highest BCUT2D eigenvalue weighted by atomic mass is 19.4. The summed E-state index contributed by atoms with van der Waals surface area (Å²) < 4.78 is 39.4. The third-order valence-electron chi connectivity index (χ3n) is 5.14. The molecule has 1 aromatic rings. The van der Waals surface area contributed by atoms with Gasteiger partial charge in [-0.05, 0) is 61.1 Å². The van der Waals surface area contributed by atoms with E-state index >= 15 is 0 Å². The molecule has 0 radical (unpaired) electrons. The van der Waals surface area contributed by atoms with Crippen molar-refractivity contribution in [1.29, 1.82) is 0 Å². The Balaban J connectivity index is 2.38. The quantitative estimate of drug-likeness (QED) is 0.805. The lowest BCUT2D eigenvalue weighted by atomic mass is 9.67. The van der Waals surface area contributed by atoms with Crippen LogP contribution in [-0.4, -0.2) is 17.3 Å². The molecule has 2 nitrogen and oxygen atoms in total. The number of hydrogen-bond acceptors (Lipinski definition) is 1. The number of aromatic carboxylic acids is 1. The van der Waals surface area contributed by atoms with E-state index in [1.54, 1.807) is 25.1 Å². The number of carboxylic acids is 1. The van der Waals surface area contributed by atoms with Gasteiger partial charge in [-0.3, -0.25) is 0 Å². The van der Waals surface area contributed by atoms with E-state index in [-0.39, 0.29) is 36.2 Å². The number of alkyl halides is 3. The maximum absolute atomic E-state index is 13.1. The molecule has 0 aromatic heterocycles. The highest BCUT2D eigenvalue weighted by Gasteiger charge is 2.45. The second-order valence-electron chi connectivity index (χ2n) is 6.95. The van der Waals surface area contributed by atoms with E-state index in [1.807, 2.05) is 13.8 Å². The Kier molecular flexibility index (Phi) is 5.07. The monoisotopic (exact) mass is 328 g/mol. The molecule has 0 saturated heterocycles. The lowest BCUT2D eigenvalue weighted by Gasteiger charge is -2.39. The molecular formula is C18H23F3O2. The van der Waals surface area contributed by atoms with Gasteiger partial charge in [0.15, 0.2) is 0 Å². The summed E-state index contributed by atoms with van der Waals surface area (Å²) in [6.45, 7) is 5.75. The summed E-state index contributed by atoms with van der Waals surface area (Å²) in [5.41, 5.74) is 1.53. The molecule has 5 heteroatoms. The number of halogens is 3. The van der Waals surface area contributed by atoms with Crippen LogP contribution in [0.3, 0.4) is 0 Å². The minimum atomic E-state index is -4.18. The lowest BCUT2D eigenvalue weighted by Crippen LogP contribution is -2.34. The zero-order valence-corrected chi connectivity index (χ0v) is 13.7. The Morgan fingerprint density at radius 1 is 1.26 bits per heavy atom. The van der Waals surface area contributed by atoms with Gasteiger partial charge in [0, 0.05) is 0 Å². The van der Waals surface area contributed by atoms with Crippen LogP contribution in [0, 0.1) is 24.7 Å². The Hall–Kier alpha value is -1.52. The molecule has 23 heavy (non-hydrogen) atoms. The molecule has 1 N–H and O–H groups in total. The van der Waals surface area contributed by atoms with Gasteiger partial charge in [-0.25, -0.2) is 4.79 Å². The van der Waals surface area contributed by atoms with E-state index in [0.717, 1.165) is 5.56 Å². The zero-order chi connectivity index (χ0) is 17.4.